The van der Waals surface area contributed by atoms with Crippen LogP contribution >= 0.6 is 27.5 Å². The highest BCUT2D eigenvalue weighted by molar-refractivity contribution is 9.10. The topological polar surface area (TPSA) is 26.3 Å². The molecule has 0 spiro atoms. The normalized spacial score (nSPS) is 12.3. The van der Waals surface area contributed by atoms with Gasteiger partial charge in [0.25, 0.3) is 0 Å². The Kier molecular flexibility index (Phi) is 4.61. The molecule has 1 aromatic carbocycles. The number of rotatable bonds is 4. The Labute approximate surface area is 103 Å². The molecule has 0 saturated heterocycles. The molecule has 15 heavy (non-hydrogen) atoms. The maximum absolute atomic E-state index is 11.8. The van der Waals surface area contributed by atoms with Crippen molar-refractivity contribution >= 4 is 33.3 Å². The van der Waals surface area contributed by atoms with Crippen LogP contribution in [-0.4, -0.2) is 17.7 Å². The first-order chi connectivity index (χ1) is 7.10. The zero-order valence-corrected chi connectivity index (χ0v) is 10.9. The lowest BCUT2D eigenvalue weighted by molar-refractivity contribution is 0.0990. The van der Waals surface area contributed by atoms with E-state index < -0.39 is 0 Å². The molecule has 0 amide bonds. The van der Waals surface area contributed by atoms with Gasteiger partial charge in [-0.15, -0.1) is 0 Å². The summed E-state index contributed by atoms with van der Waals surface area (Å²) in [5, 5.41) is 0.458. The molecule has 0 bridgehead atoms. The van der Waals surface area contributed by atoms with Gasteiger partial charge in [-0.1, -0.05) is 34.5 Å². The second-order valence-corrected chi connectivity index (χ2v) is 4.60. The molecule has 0 saturated carbocycles. The molecule has 0 aliphatic heterocycles. The Balaban J connectivity index is 2.97. The second kappa shape index (κ2) is 5.52. The predicted octanol–water partition coefficient (Wildman–Crippen LogP) is 3.70. The minimum absolute atomic E-state index is 0.0436. The number of benzene rings is 1. The van der Waals surface area contributed by atoms with Crippen LogP contribution in [0.15, 0.2) is 18.2 Å². The molecule has 0 aromatic heterocycles. The van der Waals surface area contributed by atoms with Crippen LogP contribution in [0.25, 0.3) is 0 Å². The molecule has 1 aromatic rings. The van der Waals surface area contributed by atoms with Gasteiger partial charge in [0.1, 0.15) is 5.75 Å². The largest absolute Gasteiger partial charge is 0.495 e. The molecule has 1 unspecified atom stereocenters. The predicted molar refractivity (Wildman–Crippen MR) is 65.3 cm³/mol. The number of hydrogen-bond acceptors (Lipinski definition) is 2. The van der Waals surface area contributed by atoms with Gasteiger partial charge in [-0.3, -0.25) is 4.79 Å². The van der Waals surface area contributed by atoms with Crippen molar-refractivity contribution in [3.8, 4) is 5.75 Å². The number of methoxy groups -OCH3 is 1. The Morgan fingerprint density at radius 2 is 2.27 bits per heavy atom. The van der Waals surface area contributed by atoms with Crippen LogP contribution in [0.1, 0.15) is 23.7 Å². The summed E-state index contributed by atoms with van der Waals surface area (Å²) < 4.78 is 5.01. The van der Waals surface area contributed by atoms with Crippen molar-refractivity contribution in [2.45, 2.75) is 18.2 Å². The van der Waals surface area contributed by atoms with Crippen LogP contribution in [0.4, 0.5) is 0 Å². The molecule has 1 rings (SSSR count). The molecule has 0 aliphatic rings. The Morgan fingerprint density at radius 1 is 1.60 bits per heavy atom. The Hall–Kier alpha value is -0.540. The Morgan fingerprint density at radius 3 is 2.73 bits per heavy atom. The first kappa shape index (κ1) is 12.5. The van der Waals surface area contributed by atoms with Gasteiger partial charge in [-0.2, -0.15) is 0 Å². The number of alkyl halides is 1. The van der Waals surface area contributed by atoms with Crippen LogP contribution in [0, 0.1) is 0 Å². The number of carbonyl (C=O) groups is 1. The minimum atomic E-state index is -0.151. The van der Waals surface area contributed by atoms with E-state index in [-0.39, 0.29) is 10.6 Å². The van der Waals surface area contributed by atoms with Crippen LogP contribution in [-0.2, 0) is 0 Å². The van der Waals surface area contributed by atoms with E-state index in [9.17, 15) is 4.79 Å². The zero-order chi connectivity index (χ0) is 11.4. The van der Waals surface area contributed by atoms with Gasteiger partial charge in [-0.25, -0.2) is 0 Å². The highest BCUT2D eigenvalue weighted by Crippen LogP contribution is 2.26. The SMILES string of the molecule is CCC(Br)C(=O)c1ccc(OC)c(Cl)c1. The van der Waals surface area contributed by atoms with Crippen molar-refractivity contribution in [1.82, 2.24) is 0 Å². The van der Waals surface area contributed by atoms with E-state index >= 15 is 0 Å². The summed E-state index contributed by atoms with van der Waals surface area (Å²) >= 11 is 9.24. The van der Waals surface area contributed by atoms with E-state index in [0.29, 0.717) is 16.3 Å². The van der Waals surface area contributed by atoms with Crippen LogP contribution in [0.3, 0.4) is 0 Å². The zero-order valence-electron chi connectivity index (χ0n) is 8.59. The fraction of sp³-hybridized carbons (Fsp3) is 0.364. The van der Waals surface area contributed by atoms with Crippen LogP contribution < -0.4 is 4.74 Å². The fourth-order valence-corrected chi connectivity index (χ4v) is 1.71. The maximum Gasteiger partial charge on any atom is 0.176 e. The summed E-state index contributed by atoms with van der Waals surface area (Å²) in [7, 11) is 1.54. The fourth-order valence-electron chi connectivity index (χ4n) is 1.19. The summed E-state index contributed by atoms with van der Waals surface area (Å²) in [6, 6.07) is 5.05. The molecule has 4 heteroatoms. The van der Waals surface area contributed by atoms with E-state index in [4.69, 9.17) is 16.3 Å². The van der Waals surface area contributed by atoms with E-state index in [1.807, 2.05) is 6.92 Å². The molecular formula is C11H12BrClO2. The standard InChI is InChI=1S/C11H12BrClO2/c1-3-8(12)11(14)7-4-5-10(15-2)9(13)6-7/h4-6,8H,3H2,1-2H3. The highest BCUT2D eigenvalue weighted by Gasteiger charge is 2.15. The van der Waals surface area contributed by atoms with E-state index in [1.54, 1.807) is 25.3 Å². The molecule has 2 nitrogen and oxygen atoms in total. The Bertz CT molecular complexity index is 366. The van der Waals surface area contributed by atoms with Crippen molar-refractivity contribution in [2.75, 3.05) is 7.11 Å². The molecular weight excluding hydrogens is 279 g/mol. The summed E-state index contributed by atoms with van der Waals surface area (Å²) in [5.41, 5.74) is 0.601. The van der Waals surface area contributed by atoms with Crippen molar-refractivity contribution in [2.24, 2.45) is 0 Å². The van der Waals surface area contributed by atoms with Gasteiger partial charge in [-0.05, 0) is 24.6 Å². The van der Waals surface area contributed by atoms with E-state index in [0.717, 1.165) is 6.42 Å². The maximum atomic E-state index is 11.8. The molecule has 0 N–H and O–H groups in total. The average molecular weight is 292 g/mol. The van der Waals surface area contributed by atoms with Gasteiger partial charge in [0.2, 0.25) is 0 Å². The monoisotopic (exact) mass is 290 g/mol. The van der Waals surface area contributed by atoms with Crippen LogP contribution in [0.2, 0.25) is 5.02 Å². The van der Waals surface area contributed by atoms with Crippen molar-refractivity contribution in [3.63, 3.8) is 0 Å². The van der Waals surface area contributed by atoms with Crippen molar-refractivity contribution < 1.29 is 9.53 Å². The van der Waals surface area contributed by atoms with Gasteiger partial charge >= 0.3 is 0 Å². The third-order valence-corrected chi connectivity index (χ3v) is 3.44. The van der Waals surface area contributed by atoms with Gasteiger partial charge in [0.05, 0.1) is 17.0 Å². The third-order valence-electron chi connectivity index (χ3n) is 2.08. The van der Waals surface area contributed by atoms with Crippen molar-refractivity contribution in [3.05, 3.63) is 28.8 Å². The number of ether oxygens (including phenoxy) is 1. The number of halogens is 2. The number of hydrogen-bond donors (Lipinski definition) is 0. The molecule has 82 valence electrons. The number of carbonyl (C=O) groups excluding carboxylic acids is 1. The summed E-state index contributed by atoms with van der Waals surface area (Å²) in [5.74, 6) is 0.623. The lowest BCUT2D eigenvalue weighted by Crippen LogP contribution is -2.12. The van der Waals surface area contributed by atoms with Gasteiger partial charge < -0.3 is 4.74 Å². The quantitative estimate of drug-likeness (QED) is 0.624. The summed E-state index contributed by atoms with van der Waals surface area (Å²) in [6.07, 6.45) is 0.752. The lowest BCUT2D eigenvalue weighted by atomic mass is 10.1. The minimum Gasteiger partial charge on any atom is -0.495 e. The van der Waals surface area contributed by atoms with Gasteiger partial charge in [0, 0.05) is 5.56 Å². The first-order valence-electron chi connectivity index (χ1n) is 4.62. The highest BCUT2D eigenvalue weighted by atomic mass is 79.9. The lowest BCUT2D eigenvalue weighted by Gasteiger charge is -2.08. The molecule has 0 aliphatic carbocycles. The summed E-state index contributed by atoms with van der Waals surface area (Å²) in [6.45, 7) is 1.95. The van der Waals surface area contributed by atoms with Crippen LogP contribution in [0.5, 0.6) is 5.75 Å². The number of Topliss-reactive ketones (excluding diaryl/α,β-unsaturated/α-hetero) is 1. The number of ketones is 1. The summed E-state index contributed by atoms with van der Waals surface area (Å²) in [4.78, 5) is 11.6. The van der Waals surface area contributed by atoms with E-state index in [2.05, 4.69) is 15.9 Å². The molecule has 0 heterocycles. The van der Waals surface area contributed by atoms with E-state index in [1.165, 1.54) is 0 Å². The average Bonchev–Trinajstić information content (AvgIpc) is 2.26. The molecule has 0 fully saturated rings. The van der Waals surface area contributed by atoms with Gasteiger partial charge in [0.15, 0.2) is 5.78 Å². The van der Waals surface area contributed by atoms with Crippen molar-refractivity contribution in [1.29, 1.82) is 0 Å². The first-order valence-corrected chi connectivity index (χ1v) is 5.91. The smallest absolute Gasteiger partial charge is 0.176 e. The molecule has 1 atom stereocenters. The third kappa shape index (κ3) is 2.95. The second-order valence-electron chi connectivity index (χ2n) is 3.09. The molecule has 0 radical (unpaired) electrons.